The second kappa shape index (κ2) is 6.60. The molecule has 2 rings (SSSR count). The van der Waals surface area contributed by atoms with Crippen LogP contribution in [0.5, 0.6) is 0 Å². The molecular formula is C19H24O. The van der Waals surface area contributed by atoms with E-state index in [1.807, 2.05) is 13.0 Å². The number of rotatable bonds is 4. The molecule has 0 amide bonds. The molecule has 1 heteroatoms. The van der Waals surface area contributed by atoms with Crippen molar-refractivity contribution in [1.82, 2.24) is 0 Å². The summed E-state index contributed by atoms with van der Waals surface area (Å²) < 4.78 is 0. The quantitative estimate of drug-likeness (QED) is 0.567. The topological polar surface area (TPSA) is 20.2 Å². The highest BCUT2D eigenvalue weighted by Gasteiger charge is 2.35. The first-order valence-corrected chi connectivity index (χ1v) is 7.47. The lowest BCUT2D eigenvalue weighted by molar-refractivity contribution is 0.345. The van der Waals surface area contributed by atoms with Gasteiger partial charge < -0.3 is 5.11 Å². The highest BCUT2D eigenvalue weighted by molar-refractivity contribution is 5.41. The zero-order valence-corrected chi connectivity index (χ0v) is 12.3. The van der Waals surface area contributed by atoms with Gasteiger partial charge in [-0.2, -0.15) is 0 Å². The van der Waals surface area contributed by atoms with E-state index in [0.29, 0.717) is 5.76 Å². The summed E-state index contributed by atoms with van der Waals surface area (Å²) in [5.74, 6) is 0.296. The molecule has 1 fully saturated rings. The molecule has 0 aliphatic heterocycles. The molecule has 1 N–H and O–H groups in total. The minimum absolute atomic E-state index is 0.0457. The lowest BCUT2D eigenvalue weighted by Gasteiger charge is -2.39. The van der Waals surface area contributed by atoms with Crippen LogP contribution < -0.4 is 0 Å². The van der Waals surface area contributed by atoms with Gasteiger partial charge in [0.15, 0.2) is 0 Å². The maximum atomic E-state index is 9.59. The molecule has 0 unspecified atom stereocenters. The fourth-order valence-electron chi connectivity index (χ4n) is 3.15. The smallest absolute Gasteiger partial charge is 0.111 e. The summed E-state index contributed by atoms with van der Waals surface area (Å²) in [6.45, 7) is 6.14. The predicted molar refractivity (Wildman–Crippen MR) is 85.9 cm³/mol. The second-order valence-corrected chi connectivity index (χ2v) is 5.58. The number of aliphatic hydroxyl groups is 1. The lowest BCUT2D eigenvalue weighted by Crippen LogP contribution is -2.30. The van der Waals surface area contributed by atoms with Crippen molar-refractivity contribution in [2.45, 2.75) is 44.4 Å². The molecule has 0 bridgehead atoms. The number of benzene rings is 1. The molecule has 1 nitrogen and oxygen atoms in total. The van der Waals surface area contributed by atoms with Gasteiger partial charge in [-0.3, -0.25) is 0 Å². The van der Waals surface area contributed by atoms with E-state index in [0.717, 1.165) is 18.4 Å². The molecule has 0 heterocycles. The number of allylic oxidation sites excluding steroid dienone is 4. The molecule has 1 aliphatic carbocycles. The van der Waals surface area contributed by atoms with Gasteiger partial charge in [-0.1, -0.05) is 62.2 Å². The van der Waals surface area contributed by atoms with E-state index in [9.17, 15) is 5.11 Å². The second-order valence-electron chi connectivity index (χ2n) is 5.58. The predicted octanol–water partition coefficient (Wildman–Crippen LogP) is 5.46. The molecule has 1 saturated carbocycles. The fraction of sp³-hybridized carbons (Fsp3) is 0.368. The Morgan fingerprint density at radius 3 is 2.35 bits per heavy atom. The summed E-state index contributed by atoms with van der Waals surface area (Å²) >= 11 is 0. The number of hydrogen-bond donors (Lipinski definition) is 1. The van der Waals surface area contributed by atoms with E-state index in [1.54, 1.807) is 12.2 Å². The first kappa shape index (κ1) is 14.6. The van der Waals surface area contributed by atoms with Crippen LogP contribution in [-0.2, 0) is 5.41 Å². The number of hydrogen-bond acceptors (Lipinski definition) is 1. The Kier molecular flexibility index (Phi) is 4.84. The van der Waals surface area contributed by atoms with Crippen LogP contribution >= 0.6 is 0 Å². The third-order valence-corrected chi connectivity index (χ3v) is 4.40. The third-order valence-electron chi connectivity index (χ3n) is 4.40. The van der Waals surface area contributed by atoms with Gasteiger partial charge in [0.05, 0.1) is 0 Å². The third kappa shape index (κ3) is 3.04. The molecule has 106 valence electrons. The zero-order valence-electron chi connectivity index (χ0n) is 12.3. The lowest BCUT2D eigenvalue weighted by atomic mass is 9.65. The van der Waals surface area contributed by atoms with Crippen molar-refractivity contribution >= 4 is 0 Å². The van der Waals surface area contributed by atoms with Crippen LogP contribution in [0.15, 0.2) is 66.5 Å². The maximum Gasteiger partial charge on any atom is 0.111 e. The molecule has 0 spiro atoms. The van der Waals surface area contributed by atoms with E-state index in [4.69, 9.17) is 0 Å². The van der Waals surface area contributed by atoms with E-state index in [-0.39, 0.29) is 5.41 Å². The van der Waals surface area contributed by atoms with Crippen LogP contribution in [0.25, 0.3) is 0 Å². The van der Waals surface area contributed by atoms with E-state index in [1.165, 1.54) is 24.8 Å². The average molecular weight is 268 g/mol. The Bertz CT molecular complexity index is 502. The van der Waals surface area contributed by atoms with E-state index >= 15 is 0 Å². The van der Waals surface area contributed by atoms with Crippen molar-refractivity contribution in [3.63, 3.8) is 0 Å². The standard InChI is InChI=1S/C19H24O/c1-3-18(20)13-12-16(2)19(14-8-5-9-15-19)17-10-6-4-7-11-17/h3-4,6-7,10-13,20H,2,5,8-9,14-15H2,1H3/b13-12-,18-3+. The minimum atomic E-state index is 0.0457. The molecule has 1 aliphatic rings. The molecule has 0 aromatic heterocycles. The maximum absolute atomic E-state index is 9.59. The van der Waals surface area contributed by atoms with Crippen molar-refractivity contribution < 1.29 is 5.11 Å². The zero-order chi connectivity index (χ0) is 14.4. The molecule has 1 aromatic rings. The first-order chi connectivity index (χ1) is 9.69. The molecule has 0 atom stereocenters. The summed E-state index contributed by atoms with van der Waals surface area (Å²) in [5, 5.41) is 9.59. The SMILES string of the molecule is C=C(/C=C\C(O)=C/C)C1(c2ccccc2)CCCCC1. The Hall–Kier alpha value is -1.76. The van der Waals surface area contributed by atoms with Crippen LogP contribution in [-0.4, -0.2) is 5.11 Å². The van der Waals surface area contributed by atoms with E-state index in [2.05, 4.69) is 36.9 Å². The fourth-order valence-corrected chi connectivity index (χ4v) is 3.15. The highest BCUT2D eigenvalue weighted by atomic mass is 16.3. The largest absolute Gasteiger partial charge is 0.508 e. The van der Waals surface area contributed by atoms with Crippen molar-refractivity contribution in [2.75, 3.05) is 0 Å². The van der Waals surface area contributed by atoms with Gasteiger partial charge in [0, 0.05) is 5.41 Å². The van der Waals surface area contributed by atoms with Gasteiger partial charge in [0.25, 0.3) is 0 Å². The van der Waals surface area contributed by atoms with Gasteiger partial charge in [0.1, 0.15) is 5.76 Å². The monoisotopic (exact) mass is 268 g/mol. The van der Waals surface area contributed by atoms with Crippen molar-refractivity contribution in [1.29, 1.82) is 0 Å². The summed E-state index contributed by atoms with van der Waals surface area (Å²) in [4.78, 5) is 0. The molecule has 20 heavy (non-hydrogen) atoms. The molecule has 0 radical (unpaired) electrons. The highest BCUT2D eigenvalue weighted by Crippen LogP contribution is 2.44. The Morgan fingerprint density at radius 1 is 1.10 bits per heavy atom. The van der Waals surface area contributed by atoms with Gasteiger partial charge in [0.2, 0.25) is 0 Å². The van der Waals surface area contributed by atoms with E-state index < -0.39 is 0 Å². The van der Waals surface area contributed by atoms with Gasteiger partial charge in [-0.25, -0.2) is 0 Å². The van der Waals surface area contributed by atoms with Crippen LogP contribution in [0, 0.1) is 0 Å². The molecule has 0 saturated heterocycles. The van der Waals surface area contributed by atoms with Gasteiger partial charge in [-0.05, 0) is 43.1 Å². The molecular weight excluding hydrogens is 244 g/mol. The van der Waals surface area contributed by atoms with Crippen molar-refractivity contribution in [3.05, 3.63) is 72.0 Å². The van der Waals surface area contributed by atoms with Gasteiger partial charge in [-0.15, -0.1) is 0 Å². The van der Waals surface area contributed by atoms with Crippen LogP contribution in [0.2, 0.25) is 0 Å². The Balaban J connectivity index is 2.33. The van der Waals surface area contributed by atoms with Crippen LogP contribution in [0.4, 0.5) is 0 Å². The van der Waals surface area contributed by atoms with Crippen molar-refractivity contribution in [2.24, 2.45) is 0 Å². The summed E-state index contributed by atoms with van der Waals surface area (Å²) in [6.07, 6.45) is 11.5. The van der Waals surface area contributed by atoms with Crippen LogP contribution in [0.3, 0.4) is 0 Å². The average Bonchev–Trinajstić information content (AvgIpc) is 2.53. The van der Waals surface area contributed by atoms with Crippen LogP contribution in [0.1, 0.15) is 44.6 Å². The van der Waals surface area contributed by atoms with Crippen molar-refractivity contribution in [3.8, 4) is 0 Å². The van der Waals surface area contributed by atoms with Gasteiger partial charge >= 0.3 is 0 Å². The molecule has 1 aromatic carbocycles. The Labute approximate surface area is 122 Å². The minimum Gasteiger partial charge on any atom is -0.508 e. The normalized spacial score (nSPS) is 19.1. The summed E-state index contributed by atoms with van der Waals surface area (Å²) in [7, 11) is 0. The Morgan fingerprint density at radius 2 is 1.75 bits per heavy atom. The first-order valence-electron chi connectivity index (χ1n) is 7.47. The number of aliphatic hydroxyl groups excluding tert-OH is 1. The summed E-state index contributed by atoms with van der Waals surface area (Å²) in [5.41, 5.74) is 2.51. The summed E-state index contributed by atoms with van der Waals surface area (Å²) in [6, 6.07) is 10.7.